The second kappa shape index (κ2) is 11.3. The van der Waals surface area contributed by atoms with E-state index in [0.717, 1.165) is 34.3 Å². The van der Waals surface area contributed by atoms with E-state index < -0.39 is 0 Å². The highest BCUT2D eigenvalue weighted by Crippen LogP contribution is 2.34. The van der Waals surface area contributed by atoms with Crippen LogP contribution in [0.3, 0.4) is 0 Å². The van der Waals surface area contributed by atoms with Gasteiger partial charge in [-0.05, 0) is 36.6 Å². The van der Waals surface area contributed by atoms with Gasteiger partial charge in [0, 0.05) is 50.6 Å². The topological polar surface area (TPSA) is 88.3 Å². The molecule has 0 unspecified atom stereocenters. The quantitative estimate of drug-likeness (QED) is 0.276. The molecular formula is C32H32N6O2. The van der Waals surface area contributed by atoms with Crippen molar-refractivity contribution in [1.29, 1.82) is 0 Å². The summed E-state index contributed by atoms with van der Waals surface area (Å²) in [7, 11) is 0. The molecule has 1 aliphatic rings. The number of carbonyl (C=O) groups is 1. The molecule has 0 N–H and O–H groups in total. The van der Waals surface area contributed by atoms with Gasteiger partial charge in [0.2, 0.25) is 5.91 Å². The van der Waals surface area contributed by atoms with Gasteiger partial charge in [-0.2, -0.15) is 4.98 Å². The molecule has 5 aromatic rings. The molecular weight excluding hydrogens is 500 g/mol. The van der Waals surface area contributed by atoms with E-state index in [4.69, 9.17) is 14.5 Å². The minimum atomic E-state index is -0.130. The van der Waals surface area contributed by atoms with Crippen molar-refractivity contribution in [1.82, 2.24) is 25.0 Å². The van der Waals surface area contributed by atoms with Gasteiger partial charge in [-0.3, -0.25) is 9.78 Å². The Hall–Kier alpha value is -4.59. The number of amides is 1. The van der Waals surface area contributed by atoms with E-state index in [1.54, 1.807) is 12.4 Å². The SMILES string of the molecule is CC[C@H](C(=O)N1CCN(c2nc(Cc3ccc(C)cc3)nc3onc(-c4cccnc4)c23)CC1)c1ccccc1. The first-order valence-corrected chi connectivity index (χ1v) is 13.8. The Labute approximate surface area is 233 Å². The summed E-state index contributed by atoms with van der Waals surface area (Å²) in [5.74, 6) is 1.51. The van der Waals surface area contributed by atoms with Crippen LogP contribution in [0.1, 0.15) is 41.8 Å². The number of piperazine rings is 1. The summed E-state index contributed by atoms with van der Waals surface area (Å²) >= 11 is 0. The van der Waals surface area contributed by atoms with Crippen molar-refractivity contribution in [2.45, 2.75) is 32.6 Å². The number of pyridine rings is 1. The van der Waals surface area contributed by atoms with Gasteiger partial charge in [0.05, 0.1) is 5.92 Å². The molecule has 0 bridgehead atoms. The molecule has 1 saturated heterocycles. The van der Waals surface area contributed by atoms with E-state index in [0.29, 0.717) is 49.8 Å². The first kappa shape index (κ1) is 25.7. The summed E-state index contributed by atoms with van der Waals surface area (Å²) in [6.45, 7) is 6.70. The van der Waals surface area contributed by atoms with E-state index in [-0.39, 0.29) is 11.8 Å². The van der Waals surface area contributed by atoms with Gasteiger partial charge in [0.1, 0.15) is 22.7 Å². The number of rotatable bonds is 7. The van der Waals surface area contributed by atoms with Gasteiger partial charge in [0.15, 0.2) is 0 Å². The zero-order chi connectivity index (χ0) is 27.5. The van der Waals surface area contributed by atoms with Crippen LogP contribution in [0.4, 0.5) is 5.82 Å². The fraction of sp³-hybridized carbons (Fsp3) is 0.281. The van der Waals surface area contributed by atoms with Crippen LogP contribution >= 0.6 is 0 Å². The molecule has 1 amide bonds. The average Bonchev–Trinajstić information content (AvgIpc) is 3.43. The predicted octanol–water partition coefficient (Wildman–Crippen LogP) is 5.42. The second-order valence-electron chi connectivity index (χ2n) is 10.3. The molecule has 0 spiro atoms. The predicted molar refractivity (Wildman–Crippen MR) is 155 cm³/mol. The maximum Gasteiger partial charge on any atom is 0.263 e. The van der Waals surface area contributed by atoms with Crippen LogP contribution in [0.15, 0.2) is 83.6 Å². The number of hydrogen-bond acceptors (Lipinski definition) is 7. The van der Waals surface area contributed by atoms with Crippen molar-refractivity contribution in [2.75, 3.05) is 31.1 Å². The van der Waals surface area contributed by atoms with E-state index in [9.17, 15) is 4.79 Å². The van der Waals surface area contributed by atoms with Gasteiger partial charge in [-0.25, -0.2) is 4.98 Å². The van der Waals surface area contributed by atoms with Gasteiger partial charge in [-0.15, -0.1) is 0 Å². The summed E-state index contributed by atoms with van der Waals surface area (Å²) in [5.41, 5.74) is 5.39. The maximum atomic E-state index is 13.5. The Morgan fingerprint density at radius 1 is 0.950 bits per heavy atom. The van der Waals surface area contributed by atoms with E-state index in [1.807, 2.05) is 47.4 Å². The number of anilines is 1. The molecule has 3 aromatic heterocycles. The van der Waals surface area contributed by atoms with Crippen molar-refractivity contribution >= 4 is 22.8 Å². The normalized spacial score (nSPS) is 14.4. The number of hydrogen-bond donors (Lipinski definition) is 0. The molecule has 8 nitrogen and oxygen atoms in total. The molecule has 0 radical (unpaired) electrons. The molecule has 1 atom stereocenters. The molecule has 202 valence electrons. The van der Waals surface area contributed by atoms with Crippen molar-refractivity contribution in [3.63, 3.8) is 0 Å². The lowest BCUT2D eigenvalue weighted by atomic mass is 9.95. The third kappa shape index (κ3) is 5.17. The third-order valence-corrected chi connectivity index (χ3v) is 7.58. The van der Waals surface area contributed by atoms with E-state index in [1.165, 1.54) is 5.56 Å². The number of aromatic nitrogens is 4. The zero-order valence-electron chi connectivity index (χ0n) is 22.8. The van der Waals surface area contributed by atoms with Gasteiger partial charge in [0.25, 0.3) is 5.71 Å². The smallest absolute Gasteiger partial charge is 0.263 e. The number of nitrogens with zero attached hydrogens (tertiary/aromatic N) is 6. The standard InChI is InChI=1S/C32H32N6O2/c1-3-26(24-8-5-4-6-9-24)32(39)38-18-16-37(17-19-38)30-28-29(25-10-7-15-33-21-25)36-40-31(28)35-27(34-30)20-23-13-11-22(2)12-14-23/h4-15,21,26H,3,16-20H2,1-2H3/t26-/m0/s1. The summed E-state index contributed by atoms with van der Waals surface area (Å²) in [6, 6.07) is 22.3. The second-order valence-corrected chi connectivity index (χ2v) is 10.3. The van der Waals surface area contributed by atoms with Crippen LogP contribution in [0.25, 0.3) is 22.4 Å². The number of benzene rings is 2. The third-order valence-electron chi connectivity index (χ3n) is 7.58. The lowest BCUT2D eigenvalue weighted by Gasteiger charge is -2.37. The Kier molecular flexibility index (Phi) is 7.23. The van der Waals surface area contributed by atoms with Crippen LogP contribution in [0.5, 0.6) is 0 Å². The van der Waals surface area contributed by atoms with Crippen molar-refractivity contribution < 1.29 is 9.32 Å². The Bertz CT molecular complexity index is 1590. The van der Waals surface area contributed by atoms with Gasteiger partial charge < -0.3 is 14.3 Å². The molecule has 1 fully saturated rings. The number of fused-ring (bicyclic) bond motifs is 1. The van der Waals surface area contributed by atoms with E-state index >= 15 is 0 Å². The summed E-state index contributed by atoms with van der Waals surface area (Å²) in [5, 5.41) is 5.16. The van der Waals surface area contributed by atoms with E-state index in [2.05, 4.69) is 53.2 Å². The lowest BCUT2D eigenvalue weighted by molar-refractivity contribution is -0.133. The molecule has 6 rings (SSSR count). The fourth-order valence-corrected chi connectivity index (χ4v) is 5.37. The first-order valence-electron chi connectivity index (χ1n) is 13.8. The van der Waals surface area contributed by atoms with Crippen molar-refractivity contribution in [3.8, 4) is 11.3 Å². The van der Waals surface area contributed by atoms with Crippen molar-refractivity contribution in [3.05, 3.63) is 102 Å². The summed E-state index contributed by atoms with van der Waals surface area (Å²) < 4.78 is 5.77. The molecule has 4 heterocycles. The Morgan fingerprint density at radius 2 is 1.73 bits per heavy atom. The van der Waals surface area contributed by atoms with Gasteiger partial charge >= 0.3 is 0 Å². The minimum absolute atomic E-state index is 0.130. The largest absolute Gasteiger partial charge is 0.352 e. The van der Waals surface area contributed by atoms with Crippen LogP contribution < -0.4 is 4.90 Å². The fourth-order valence-electron chi connectivity index (χ4n) is 5.37. The Balaban J connectivity index is 1.31. The minimum Gasteiger partial charge on any atom is -0.352 e. The molecule has 1 aliphatic heterocycles. The maximum absolute atomic E-state index is 13.5. The van der Waals surface area contributed by atoms with Crippen LogP contribution in [-0.4, -0.2) is 57.1 Å². The first-order chi connectivity index (χ1) is 19.6. The highest BCUT2D eigenvalue weighted by Gasteiger charge is 2.30. The average molecular weight is 533 g/mol. The number of carbonyl (C=O) groups excluding carboxylic acids is 1. The molecule has 8 heteroatoms. The van der Waals surface area contributed by atoms with Crippen molar-refractivity contribution in [2.24, 2.45) is 0 Å². The molecule has 40 heavy (non-hydrogen) atoms. The van der Waals surface area contributed by atoms with Crippen LogP contribution in [-0.2, 0) is 11.2 Å². The highest BCUT2D eigenvalue weighted by molar-refractivity contribution is 5.98. The van der Waals surface area contributed by atoms with Crippen LogP contribution in [0, 0.1) is 6.92 Å². The highest BCUT2D eigenvalue weighted by atomic mass is 16.5. The number of aryl methyl sites for hydroxylation is 1. The molecule has 0 aliphatic carbocycles. The lowest BCUT2D eigenvalue weighted by Crippen LogP contribution is -2.50. The Morgan fingerprint density at radius 3 is 2.42 bits per heavy atom. The molecule has 2 aromatic carbocycles. The zero-order valence-corrected chi connectivity index (χ0v) is 22.8. The molecule has 0 saturated carbocycles. The summed E-state index contributed by atoms with van der Waals surface area (Å²) in [6.07, 6.45) is 4.86. The van der Waals surface area contributed by atoms with Gasteiger partial charge in [-0.1, -0.05) is 72.2 Å². The monoisotopic (exact) mass is 532 g/mol. The summed E-state index contributed by atoms with van der Waals surface area (Å²) in [4.78, 5) is 31.8. The van der Waals surface area contributed by atoms with Crippen LogP contribution in [0.2, 0.25) is 0 Å².